The van der Waals surface area contributed by atoms with Gasteiger partial charge in [0.25, 0.3) is 0 Å². The van der Waals surface area contributed by atoms with E-state index >= 15 is 0 Å². The van der Waals surface area contributed by atoms with Gasteiger partial charge in [-0.3, -0.25) is 0 Å². The SMILES string of the molecule is CCOC(=O)c1cc(Br)c(C#N)c(Br)c1. The summed E-state index contributed by atoms with van der Waals surface area (Å²) in [5.41, 5.74) is 0.873. The maximum Gasteiger partial charge on any atom is 0.338 e. The summed E-state index contributed by atoms with van der Waals surface area (Å²) in [7, 11) is 0. The summed E-state index contributed by atoms with van der Waals surface area (Å²) in [4.78, 5) is 11.4. The number of hydrogen-bond acceptors (Lipinski definition) is 3. The van der Waals surface area contributed by atoms with E-state index in [2.05, 4.69) is 31.9 Å². The molecule has 0 aromatic heterocycles. The lowest BCUT2D eigenvalue weighted by Gasteiger charge is -2.04. The quantitative estimate of drug-likeness (QED) is 0.781. The molecule has 0 saturated carbocycles. The average molecular weight is 333 g/mol. The fraction of sp³-hybridized carbons (Fsp3) is 0.200. The van der Waals surface area contributed by atoms with Gasteiger partial charge in [0.1, 0.15) is 6.07 Å². The smallest absolute Gasteiger partial charge is 0.338 e. The van der Waals surface area contributed by atoms with Crippen molar-refractivity contribution in [1.82, 2.24) is 0 Å². The van der Waals surface area contributed by atoms with Crippen LogP contribution < -0.4 is 0 Å². The van der Waals surface area contributed by atoms with Crippen molar-refractivity contribution in [2.75, 3.05) is 6.61 Å². The molecule has 15 heavy (non-hydrogen) atoms. The molecule has 0 fully saturated rings. The molecule has 0 aliphatic heterocycles. The number of halogens is 2. The molecule has 0 radical (unpaired) electrons. The van der Waals surface area contributed by atoms with E-state index in [0.717, 1.165) is 0 Å². The van der Waals surface area contributed by atoms with Crippen LogP contribution in [0.4, 0.5) is 0 Å². The Bertz CT molecular complexity index is 415. The Labute approximate surface area is 104 Å². The second-order valence-electron chi connectivity index (χ2n) is 2.65. The average Bonchev–Trinajstić information content (AvgIpc) is 2.17. The molecular formula is C10H7Br2NO2. The summed E-state index contributed by atoms with van der Waals surface area (Å²) >= 11 is 6.43. The summed E-state index contributed by atoms with van der Waals surface area (Å²) in [6.45, 7) is 2.07. The third-order valence-corrected chi connectivity index (χ3v) is 2.92. The molecule has 0 atom stereocenters. The highest BCUT2D eigenvalue weighted by atomic mass is 79.9. The first kappa shape index (κ1) is 12.2. The van der Waals surface area contributed by atoms with Gasteiger partial charge in [-0.05, 0) is 50.9 Å². The summed E-state index contributed by atoms with van der Waals surface area (Å²) in [6.07, 6.45) is 0. The molecule has 0 N–H and O–H groups in total. The number of benzene rings is 1. The zero-order valence-electron chi connectivity index (χ0n) is 7.88. The van der Waals surface area contributed by atoms with E-state index in [9.17, 15) is 4.79 Å². The molecule has 3 nitrogen and oxygen atoms in total. The van der Waals surface area contributed by atoms with Gasteiger partial charge in [-0.15, -0.1) is 0 Å². The molecule has 0 bridgehead atoms. The Balaban J connectivity index is 3.15. The Hall–Kier alpha value is -0.860. The molecule has 0 spiro atoms. The second kappa shape index (κ2) is 5.29. The third-order valence-electron chi connectivity index (χ3n) is 1.67. The number of hydrogen-bond donors (Lipinski definition) is 0. The van der Waals surface area contributed by atoms with Gasteiger partial charge in [-0.25, -0.2) is 4.79 Å². The monoisotopic (exact) mass is 331 g/mol. The van der Waals surface area contributed by atoms with Gasteiger partial charge in [0.15, 0.2) is 0 Å². The molecule has 0 aliphatic carbocycles. The molecule has 0 saturated heterocycles. The van der Waals surface area contributed by atoms with Crippen molar-refractivity contribution in [1.29, 1.82) is 5.26 Å². The van der Waals surface area contributed by atoms with Crippen LogP contribution in [0.15, 0.2) is 21.1 Å². The number of nitriles is 1. The van der Waals surface area contributed by atoms with Crippen molar-refractivity contribution in [3.63, 3.8) is 0 Å². The van der Waals surface area contributed by atoms with Crippen LogP contribution in [0.25, 0.3) is 0 Å². The van der Waals surface area contributed by atoms with Crippen LogP contribution >= 0.6 is 31.9 Å². The van der Waals surface area contributed by atoms with E-state index in [0.29, 0.717) is 26.7 Å². The van der Waals surface area contributed by atoms with E-state index in [4.69, 9.17) is 10.00 Å². The van der Waals surface area contributed by atoms with Gasteiger partial charge in [-0.1, -0.05) is 0 Å². The first-order valence-corrected chi connectivity index (χ1v) is 5.75. The lowest BCUT2D eigenvalue weighted by molar-refractivity contribution is 0.0526. The molecule has 1 rings (SSSR count). The van der Waals surface area contributed by atoms with Gasteiger partial charge < -0.3 is 4.74 Å². The van der Waals surface area contributed by atoms with E-state index in [1.807, 2.05) is 6.07 Å². The highest BCUT2D eigenvalue weighted by Crippen LogP contribution is 2.26. The molecule has 0 unspecified atom stereocenters. The number of carbonyl (C=O) groups excluding carboxylic acids is 1. The maximum atomic E-state index is 11.4. The predicted molar refractivity (Wildman–Crippen MR) is 62.5 cm³/mol. The summed E-state index contributed by atoms with van der Waals surface area (Å²) in [5.74, 6) is -0.400. The van der Waals surface area contributed by atoms with Gasteiger partial charge >= 0.3 is 5.97 Å². The van der Waals surface area contributed by atoms with Crippen LogP contribution in [0.2, 0.25) is 0 Å². The lowest BCUT2D eigenvalue weighted by atomic mass is 10.1. The van der Waals surface area contributed by atoms with Crippen molar-refractivity contribution in [2.45, 2.75) is 6.92 Å². The number of rotatable bonds is 2. The van der Waals surface area contributed by atoms with Crippen molar-refractivity contribution < 1.29 is 9.53 Å². The molecule has 0 amide bonds. The summed E-state index contributed by atoms with van der Waals surface area (Å²) in [6, 6.07) is 5.16. The number of ether oxygens (including phenoxy) is 1. The Morgan fingerprint density at radius 1 is 1.47 bits per heavy atom. The van der Waals surface area contributed by atoms with Gasteiger partial charge in [-0.2, -0.15) is 5.26 Å². The molecule has 78 valence electrons. The van der Waals surface area contributed by atoms with Crippen LogP contribution in [0.3, 0.4) is 0 Å². The van der Waals surface area contributed by atoms with E-state index in [1.165, 1.54) is 0 Å². The minimum absolute atomic E-state index is 0.327. The second-order valence-corrected chi connectivity index (χ2v) is 4.36. The van der Waals surface area contributed by atoms with Crippen molar-refractivity contribution in [3.8, 4) is 6.07 Å². The zero-order chi connectivity index (χ0) is 11.4. The third kappa shape index (κ3) is 2.80. The standard InChI is InChI=1S/C10H7Br2NO2/c1-2-15-10(14)6-3-8(11)7(5-13)9(12)4-6/h3-4H,2H2,1H3. The van der Waals surface area contributed by atoms with E-state index in [-0.39, 0.29) is 0 Å². The Morgan fingerprint density at radius 3 is 2.40 bits per heavy atom. The van der Waals surface area contributed by atoms with Crippen LogP contribution in [0.1, 0.15) is 22.8 Å². The van der Waals surface area contributed by atoms with Crippen LogP contribution in [-0.4, -0.2) is 12.6 Å². The van der Waals surface area contributed by atoms with Crippen LogP contribution in [0.5, 0.6) is 0 Å². The van der Waals surface area contributed by atoms with E-state index < -0.39 is 5.97 Å². The number of nitrogens with zero attached hydrogens (tertiary/aromatic N) is 1. The van der Waals surface area contributed by atoms with Crippen molar-refractivity contribution in [3.05, 3.63) is 32.2 Å². The highest BCUT2D eigenvalue weighted by Gasteiger charge is 2.12. The van der Waals surface area contributed by atoms with Gasteiger partial charge in [0, 0.05) is 8.95 Å². The van der Waals surface area contributed by atoms with Crippen LogP contribution in [-0.2, 0) is 4.74 Å². The van der Waals surface area contributed by atoms with Gasteiger partial charge in [0.2, 0.25) is 0 Å². The first-order chi connectivity index (χ1) is 7.10. The van der Waals surface area contributed by atoms with Gasteiger partial charge in [0.05, 0.1) is 17.7 Å². The topological polar surface area (TPSA) is 50.1 Å². The zero-order valence-corrected chi connectivity index (χ0v) is 11.1. The number of carbonyl (C=O) groups is 1. The summed E-state index contributed by atoms with van der Waals surface area (Å²) < 4.78 is 5.99. The Morgan fingerprint density at radius 2 is 2.00 bits per heavy atom. The molecule has 5 heteroatoms. The van der Waals surface area contributed by atoms with E-state index in [1.54, 1.807) is 19.1 Å². The highest BCUT2D eigenvalue weighted by molar-refractivity contribution is 9.11. The predicted octanol–water partition coefficient (Wildman–Crippen LogP) is 3.26. The fourth-order valence-corrected chi connectivity index (χ4v) is 2.38. The van der Waals surface area contributed by atoms with Crippen molar-refractivity contribution >= 4 is 37.8 Å². The number of esters is 1. The summed E-state index contributed by atoms with van der Waals surface area (Å²) in [5, 5.41) is 8.81. The largest absolute Gasteiger partial charge is 0.462 e. The Kier molecular flexibility index (Phi) is 4.30. The molecule has 0 heterocycles. The fourth-order valence-electron chi connectivity index (χ4n) is 1.01. The minimum Gasteiger partial charge on any atom is -0.462 e. The molecule has 1 aromatic rings. The normalized spacial score (nSPS) is 9.47. The molecule has 0 aliphatic rings. The maximum absolute atomic E-state index is 11.4. The lowest BCUT2D eigenvalue weighted by Crippen LogP contribution is -2.05. The van der Waals surface area contributed by atoms with Crippen LogP contribution in [0, 0.1) is 11.3 Å². The molecular weight excluding hydrogens is 326 g/mol. The first-order valence-electron chi connectivity index (χ1n) is 4.16. The van der Waals surface area contributed by atoms with Crippen molar-refractivity contribution in [2.24, 2.45) is 0 Å². The minimum atomic E-state index is -0.400. The molecule has 1 aromatic carbocycles.